The van der Waals surface area contributed by atoms with E-state index < -0.39 is 23.4 Å². The molecule has 0 heterocycles. The molecule has 0 radical (unpaired) electrons. The SMILES string of the molecule is CC(C)(C)N[C@@H](CCCCNC(=O)COCCOCCNC(=O)COCCOCCNCCC[C@H](NC(=O)CCCCCCCCCCCCCCCCC(=O)O)C(=O)O)C(=O)C(C)(C)C. The van der Waals surface area contributed by atoms with Gasteiger partial charge in [0.1, 0.15) is 19.3 Å². The van der Waals surface area contributed by atoms with Gasteiger partial charge < -0.3 is 55.7 Å². The number of amides is 3. The lowest BCUT2D eigenvalue weighted by atomic mass is 9.84. The van der Waals surface area contributed by atoms with E-state index in [4.69, 9.17) is 24.1 Å². The predicted molar refractivity (Wildman–Crippen MR) is 257 cm³/mol. The second-order valence-corrected chi connectivity index (χ2v) is 19.3. The predicted octanol–water partition coefficient (Wildman–Crippen LogP) is 6.09. The molecule has 0 aromatic carbocycles. The van der Waals surface area contributed by atoms with Crippen LogP contribution in [0.2, 0.25) is 0 Å². The van der Waals surface area contributed by atoms with E-state index >= 15 is 0 Å². The summed E-state index contributed by atoms with van der Waals surface area (Å²) >= 11 is 0. The van der Waals surface area contributed by atoms with Crippen LogP contribution in [0.5, 0.6) is 0 Å². The molecule has 0 aliphatic rings. The fourth-order valence-corrected chi connectivity index (χ4v) is 7.06. The van der Waals surface area contributed by atoms with E-state index in [0.717, 1.165) is 57.8 Å². The number of rotatable bonds is 46. The molecular weight excluding hydrogens is 851 g/mol. The van der Waals surface area contributed by atoms with Crippen molar-refractivity contribution in [1.82, 2.24) is 26.6 Å². The van der Waals surface area contributed by atoms with Gasteiger partial charge in [-0.15, -0.1) is 0 Å². The Morgan fingerprint density at radius 3 is 1.39 bits per heavy atom. The van der Waals surface area contributed by atoms with Crippen LogP contribution in [-0.4, -0.2) is 142 Å². The Balaban J connectivity index is 3.66. The number of Topliss-reactive ketones (excluding diaryl/α,β-unsaturated/α-hetero) is 1. The quantitative estimate of drug-likeness (QED) is 0.0342. The lowest BCUT2D eigenvalue weighted by Gasteiger charge is -2.31. The van der Waals surface area contributed by atoms with Gasteiger partial charge in [0.2, 0.25) is 17.7 Å². The molecule has 2 atom stereocenters. The van der Waals surface area contributed by atoms with Gasteiger partial charge in [-0.25, -0.2) is 4.79 Å². The standard InChI is InChI=1S/C49H93N5O12/c1-48(2,3)46(60)40(54-49(4,5)6)24-21-22-29-51-43(56)38-65-37-35-64-33-31-52-44(57)39-66-36-34-63-32-30-50-28-23-25-41(47(61)62)53-42(55)26-19-17-15-13-11-9-7-8-10-12-14-16-18-20-27-45(58)59/h40-41,50,54H,7-39H2,1-6H3,(H,51,56)(H,52,57)(H,53,55)(H,58,59)(H,61,62)/t40-,41-/m0/s1. The molecule has 66 heavy (non-hydrogen) atoms. The van der Waals surface area contributed by atoms with Gasteiger partial charge >= 0.3 is 11.9 Å². The zero-order chi connectivity index (χ0) is 49.3. The van der Waals surface area contributed by atoms with Gasteiger partial charge in [0, 0.05) is 43.4 Å². The molecule has 0 saturated carbocycles. The van der Waals surface area contributed by atoms with Crippen molar-refractivity contribution in [3.8, 4) is 0 Å². The Morgan fingerprint density at radius 2 is 0.909 bits per heavy atom. The lowest BCUT2D eigenvalue weighted by Crippen LogP contribution is -2.50. The molecule has 17 heteroatoms. The van der Waals surface area contributed by atoms with Crippen molar-refractivity contribution >= 4 is 35.4 Å². The maximum atomic E-state index is 12.9. The van der Waals surface area contributed by atoms with Crippen molar-refractivity contribution in [3.63, 3.8) is 0 Å². The minimum absolute atomic E-state index is 0.0702. The van der Waals surface area contributed by atoms with E-state index in [1.165, 1.54) is 44.9 Å². The monoisotopic (exact) mass is 944 g/mol. The molecule has 386 valence electrons. The number of ether oxygens (including phenoxy) is 4. The minimum atomic E-state index is -1.03. The topological polar surface area (TPSA) is 240 Å². The van der Waals surface area contributed by atoms with Crippen LogP contribution < -0.4 is 26.6 Å². The summed E-state index contributed by atoms with van der Waals surface area (Å²) in [6.45, 7) is 15.6. The number of nitrogens with one attached hydrogen (secondary N) is 5. The average molecular weight is 944 g/mol. The van der Waals surface area contributed by atoms with Gasteiger partial charge in [0.15, 0.2) is 5.78 Å². The molecule has 0 rings (SSSR count). The van der Waals surface area contributed by atoms with Crippen LogP contribution in [0, 0.1) is 5.41 Å². The Labute approximate surface area is 397 Å². The number of carboxylic acid groups (broad SMARTS) is 2. The van der Waals surface area contributed by atoms with Crippen molar-refractivity contribution in [2.24, 2.45) is 5.41 Å². The van der Waals surface area contributed by atoms with Crippen LogP contribution in [0.4, 0.5) is 0 Å². The number of carbonyl (C=O) groups excluding carboxylic acids is 4. The van der Waals surface area contributed by atoms with Gasteiger partial charge in [0.25, 0.3) is 0 Å². The normalized spacial score (nSPS) is 12.7. The maximum Gasteiger partial charge on any atom is 0.326 e. The second kappa shape index (κ2) is 40.8. The molecule has 7 N–H and O–H groups in total. The molecular formula is C49H93N5O12. The van der Waals surface area contributed by atoms with E-state index in [0.29, 0.717) is 65.1 Å². The number of ketones is 1. The highest BCUT2D eigenvalue weighted by Gasteiger charge is 2.31. The Morgan fingerprint density at radius 1 is 0.455 bits per heavy atom. The van der Waals surface area contributed by atoms with E-state index in [1.807, 2.05) is 41.5 Å². The Bertz CT molecular complexity index is 1290. The van der Waals surface area contributed by atoms with Crippen molar-refractivity contribution in [2.45, 2.75) is 194 Å². The number of carboxylic acids is 2. The summed E-state index contributed by atoms with van der Waals surface area (Å²) in [5.41, 5.74) is -0.597. The van der Waals surface area contributed by atoms with E-state index in [9.17, 15) is 33.9 Å². The van der Waals surface area contributed by atoms with Gasteiger partial charge in [-0.2, -0.15) is 0 Å². The van der Waals surface area contributed by atoms with Gasteiger partial charge in [-0.1, -0.05) is 97.8 Å². The number of hydrogen-bond acceptors (Lipinski definition) is 12. The third kappa shape index (κ3) is 42.2. The van der Waals surface area contributed by atoms with E-state index in [-0.39, 0.29) is 81.1 Å². The smallest absolute Gasteiger partial charge is 0.326 e. The summed E-state index contributed by atoms with van der Waals surface area (Å²) in [5.74, 6) is -2.24. The largest absolute Gasteiger partial charge is 0.481 e. The summed E-state index contributed by atoms with van der Waals surface area (Å²) in [4.78, 5) is 71.5. The minimum Gasteiger partial charge on any atom is -0.481 e. The number of carbonyl (C=O) groups is 6. The van der Waals surface area contributed by atoms with Crippen molar-refractivity contribution in [3.05, 3.63) is 0 Å². The number of aliphatic carboxylic acids is 2. The highest BCUT2D eigenvalue weighted by molar-refractivity contribution is 5.88. The molecule has 0 saturated heterocycles. The fraction of sp³-hybridized carbons (Fsp3) is 0.878. The molecule has 0 aliphatic carbocycles. The molecule has 0 bridgehead atoms. The highest BCUT2D eigenvalue weighted by Crippen LogP contribution is 2.21. The maximum absolute atomic E-state index is 12.9. The Hall–Kier alpha value is -3.22. The van der Waals surface area contributed by atoms with Crippen LogP contribution in [0.1, 0.15) is 176 Å². The molecule has 0 aromatic heterocycles. The molecule has 0 aromatic rings. The second-order valence-electron chi connectivity index (χ2n) is 19.3. The first-order chi connectivity index (χ1) is 31.4. The number of unbranched alkanes of at least 4 members (excludes halogenated alkanes) is 14. The molecule has 17 nitrogen and oxygen atoms in total. The lowest BCUT2D eigenvalue weighted by molar-refractivity contribution is -0.142. The van der Waals surface area contributed by atoms with Crippen LogP contribution in [0.3, 0.4) is 0 Å². The van der Waals surface area contributed by atoms with E-state index in [2.05, 4.69) is 26.6 Å². The third-order valence-electron chi connectivity index (χ3n) is 10.6. The zero-order valence-electron chi connectivity index (χ0n) is 42.0. The molecule has 3 amide bonds. The third-order valence-corrected chi connectivity index (χ3v) is 10.6. The van der Waals surface area contributed by atoms with Gasteiger partial charge in [-0.05, 0) is 72.3 Å². The molecule has 0 spiro atoms. The summed E-state index contributed by atoms with van der Waals surface area (Å²) in [6.07, 6.45) is 19.3. The first-order valence-electron chi connectivity index (χ1n) is 25.0. The van der Waals surface area contributed by atoms with Crippen molar-refractivity contribution in [1.29, 1.82) is 0 Å². The molecule has 0 fully saturated rings. The van der Waals surface area contributed by atoms with Gasteiger partial charge in [0.05, 0.1) is 45.7 Å². The average Bonchev–Trinajstić information content (AvgIpc) is 3.24. The summed E-state index contributed by atoms with van der Waals surface area (Å²) in [6, 6.07) is -1.13. The summed E-state index contributed by atoms with van der Waals surface area (Å²) in [7, 11) is 0. The van der Waals surface area contributed by atoms with Crippen LogP contribution in [0.15, 0.2) is 0 Å². The zero-order valence-corrected chi connectivity index (χ0v) is 42.0. The fourth-order valence-electron chi connectivity index (χ4n) is 7.06. The van der Waals surface area contributed by atoms with Crippen molar-refractivity contribution < 1.29 is 57.9 Å². The van der Waals surface area contributed by atoms with E-state index in [1.54, 1.807) is 0 Å². The number of hydrogen-bond donors (Lipinski definition) is 7. The first-order valence-corrected chi connectivity index (χ1v) is 25.0. The van der Waals surface area contributed by atoms with Crippen LogP contribution in [0.25, 0.3) is 0 Å². The summed E-state index contributed by atoms with van der Waals surface area (Å²) in [5, 5.41) is 33.1. The highest BCUT2D eigenvalue weighted by atomic mass is 16.5. The van der Waals surface area contributed by atoms with Crippen LogP contribution in [-0.2, 0) is 47.7 Å². The van der Waals surface area contributed by atoms with Gasteiger partial charge in [-0.3, -0.25) is 24.0 Å². The molecule has 0 unspecified atom stereocenters. The first kappa shape index (κ1) is 62.8. The van der Waals surface area contributed by atoms with Crippen molar-refractivity contribution in [2.75, 3.05) is 79.0 Å². The molecule has 0 aliphatic heterocycles. The van der Waals surface area contributed by atoms with Crippen LogP contribution >= 0.6 is 0 Å². The summed E-state index contributed by atoms with van der Waals surface area (Å²) < 4.78 is 21.7. The Kier molecular flexibility index (Phi) is 38.8.